The van der Waals surface area contributed by atoms with E-state index in [1.165, 1.54) is 0 Å². The maximum Gasteiger partial charge on any atom is 0.337 e. The van der Waals surface area contributed by atoms with Gasteiger partial charge in [-0.05, 0) is 13.3 Å². The summed E-state index contributed by atoms with van der Waals surface area (Å²) in [7, 11) is 0. The quantitative estimate of drug-likeness (QED) is 0.215. The van der Waals surface area contributed by atoms with Gasteiger partial charge in [-0.1, -0.05) is 19.8 Å². The number of carbonyl (C=O) groups is 1. The zero-order valence-electron chi connectivity index (χ0n) is 9.19. The van der Waals surface area contributed by atoms with Crippen LogP contribution < -0.4 is 0 Å². The highest BCUT2D eigenvalue weighted by molar-refractivity contribution is 5.82. The number of hydrogen-bond donors (Lipinski definition) is 0. The lowest BCUT2D eigenvalue weighted by Gasteiger charge is -1.99. The third kappa shape index (κ3) is 6.65. The molecule has 5 heteroatoms. The third-order valence-corrected chi connectivity index (χ3v) is 1.84. The number of unbranched alkanes of at least 4 members (excludes halogenated alkanes) is 2. The maximum absolute atomic E-state index is 11.0. The fourth-order valence-corrected chi connectivity index (χ4v) is 1.09. The predicted octanol–water partition coefficient (Wildman–Crippen LogP) is 2.29. The van der Waals surface area contributed by atoms with Gasteiger partial charge in [0.15, 0.2) is 0 Å². The van der Waals surface area contributed by atoms with E-state index in [9.17, 15) is 14.9 Å². The third-order valence-electron chi connectivity index (χ3n) is 1.84. The van der Waals surface area contributed by atoms with Crippen LogP contribution in [-0.2, 0) is 9.53 Å². The maximum atomic E-state index is 11.0. The first-order chi connectivity index (χ1) is 7.11. The molecule has 0 aromatic rings. The number of nitrogens with zero attached hydrogens (tertiary/aromatic N) is 1. The van der Waals surface area contributed by atoms with E-state index in [0.29, 0.717) is 6.42 Å². The largest absolute Gasteiger partial charge is 0.463 e. The van der Waals surface area contributed by atoms with Gasteiger partial charge in [0, 0.05) is 6.42 Å². The summed E-state index contributed by atoms with van der Waals surface area (Å²) in [6, 6.07) is 0. The Hall–Kier alpha value is -1.39. The molecule has 0 atom stereocenters. The van der Waals surface area contributed by atoms with Crippen LogP contribution in [0.15, 0.2) is 11.8 Å². The molecule has 0 aromatic carbocycles. The van der Waals surface area contributed by atoms with Crippen LogP contribution in [-0.4, -0.2) is 17.5 Å². The lowest BCUT2D eigenvalue weighted by molar-refractivity contribution is -0.428. The number of esters is 1. The second-order valence-electron chi connectivity index (χ2n) is 3.10. The molecule has 86 valence electrons. The van der Waals surface area contributed by atoms with Gasteiger partial charge in [-0.25, -0.2) is 4.79 Å². The Morgan fingerprint density at radius 1 is 1.40 bits per heavy atom. The van der Waals surface area contributed by atoms with Gasteiger partial charge in [0.2, 0.25) is 0 Å². The first-order valence-corrected chi connectivity index (χ1v) is 5.13. The molecule has 0 aliphatic carbocycles. The molecule has 0 aromatic heterocycles. The van der Waals surface area contributed by atoms with Crippen LogP contribution in [0.5, 0.6) is 0 Å². The molecule has 0 fully saturated rings. The predicted molar refractivity (Wildman–Crippen MR) is 55.9 cm³/mol. The fraction of sp³-hybridized carbons (Fsp3) is 0.700. The number of rotatable bonds is 7. The van der Waals surface area contributed by atoms with Gasteiger partial charge in [-0.15, -0.1) is 0 Å². The van der Waals surface area contributed by atoms with E-state index in [1.54, 1.807) is 6.92 Å². The average molecular weight is 215 g/mol. The van der Waals surface area contributed by atoms with Crippen LogP contribution in [0.4, 0.5) is 0 Å². The summed E-state index contributed by atoms with van der Waals surface area (Å²) in [6.45, 7) is 3.91. The van der Waals surface area contributed by atoms with Crippen molar-refractivity contribution < 1.29 is 14.5 Å². The summed E-state index contributed by atoms with van der Waals surface area (Å²) in [6.07, 6.45) is 3.93. The molecule has 0 bridgehead atoms. The number of carbonyl (C=O) groups excluding carboxylic acids is 1. The van der Waals surface area contributed by atoms with E-state index in [1.807, 2.05) is 6.92 Å². The Bertz CT molecular complexity index is 248. The van der Waals surface area contributed by atoms with Gasteiger partial charge in [0.05, 0.1) is 17.6 Å². The van der Waals surface area contributed by atoms with Crippen molar-refractivity contribution in [2.75, 3.05) is 6.61 Å². The number of allylic oxidation sites excluding steroid dienone is 1. The van der Waals surface area contributed by atoms with Crippen molar-refractivity contribution in [1.82, 2.24) is 0 Å². The van der Waals surface area contributed by atoms with Crippen molar-refractivity contribution in [3.8, 4) is 0 Å². The van der Waals surface area contributed by atoms with Crippen LogP contribution in [0.1, 0.15) is 39.5 Å². The highest BCUT2D eigenvalue weighted by Crippen LogP contribution is 2.09. The highest BCUT2D eigenvalue weighted by Gasteiger charge is 2.13. The van der Waals surface area contributed by atoms with E-state index in [0.717, 1.165) is 25.3 Å². The molecule has 0 aliphatic rings. The number of hydrogen-bond acceptors (Lipinski definition) is 4. The first kappa shape index (κ1) is 13.6. The van der Waals surface area contributed by atoms with Gasteiger partial charge in [-0.3, -0.25) is 10.1 Å². The van der Waals surface area contributed by atoms with E-state index < -0.39 is 10.9 Å². The molecule has 0 rings (SSSR count). The summed E-state index contributed by atoms with van der Waals surface area (Å²) in [5, 5.41) is 10.6. The standard InChI is InChI=1S/C10H17NO4/c1-3-5-6-7-9(11(13)14)8-10(12)15-4-2/h8H,3-7H2,1-2H3/b9-8-. The normalized spacial score (nSPS) is 11.2. The van der Waals surface area contributed by atoms with Crippen molar-refractivity contribution >= 4 is 5.97 Å². The molecule has 15 heavy (non-hydrogen) atoms. The second kappa shape index (κ2) is 7.96. The van der Waals surface area contributed by atoms with E-state index in [2.05, 4.69) is 4.74 Å². The highest BCUT2D eigenvalue weighted by atomic mass is 16.6. The molecular weight excluding hydrogens is 198 g/mol. The summed E-state index contributed by atoms with van der Waals surface area (Å²) in [4.78, 5) is 21.0. The topological polar surface area (TPSA) is 69.4 Å². The Labute approximate surface area is 89.3 Å². The average Bonchev–Trinajstić information content (AvgIpc) is 2.16. The molecular formula is C10H17NO4. The number of nitro groups is 1. The van der Waals surface area contributed by atoms with Crippen LogP contribution in [0.2, 0.25) is 0 Å². The monoisotopic (exact) mass is 215 g/mol. The van der Waals surface area contributed by atoms with Gasteiger partial charge >= 0.3 is 5.97 Å². The first-order valence-electron chi connectivity index (χ1n) is 5.13. The van der Waals surface area contributed by atoms with Crippen LogP contribution >= 0.6 is 0 Å². The molecule has 0 unspecified atom stereocenters. The summed E-state index contributed by atoms with van der Waals surface area (Å²) < 4.78 is 4.61. The molecule has 0 N–H and O–H groups in total. The summed E-state index contributed by atoms with van der Waals surface area (Å²) in [5.74, 6) is -0.638. The van der Waals surface area contributed by atoms with E-state index in [4.69, 9.17) is 0 Å². The molecule has 0 amide bonds. The zero-order chi connectivity index (χ0) is 11.7. The summed E-state index contributed by atoms with van der Waals surface area (Å²) >= 11 is 0. The van der Waals surface area contributed by atoms with Gasteiger partial charge < -0.3 is 4.74 Å². The van der Waals surface area contributed by atoms with E-state index in [-0.39, 0.29) is 12.3 Å². The second-order valence-corrected chi connectivity index (χ2v) is 3.10. The SMILES string of the molecule is CCCCC/C(=C/C(=O)OCC)[N+](=O)[O-]. The van der Waals surface area contributed by atoms with Gasteiger partial charge in [0.25, 0.3) is 5.70 Å². The lowest BCUT2D eigenvalue weighted by Crippen LogP contribution is -2.06. The van der Waals surface area contributed by atoms with Crippen LogP contribution in [0.3, 0.4) is 0 Å². The molecule has 5 nitrogen and oxygen atoms in total. The van der Waals surface area contributed by atoms with Gasteiger partial charge in [0.1, 0.15) is 0 Å². The van der Waals surface area contributed by atoms with Crippen molar-refractivity contribution in [3.05, 3.63) is 21.9 Å². The molecule has 0 heterocycles. The van der Waals surface area contributed by atoms with Gasteiger partial charge in [-0.2, -0.15) is 0 Å². The summed E-state index contributed by atoms with van der Waals surface area (Å²) in [5.41, 5.74) is -0.0677. The van der Waals surface area contributed by atoms with E-state index >= 15 is 0 Å². The Balaban J connectivity index is 4.25. The zero-order valence-corrected chi connectivity index (χ0v) is 9.19. The van der Waals surface area contributed by atoms with Crippen molar-refractivity contribution in [2.45, 2.75) is 39.5 Å². The Kier molecular flexibility index (Phi) is 7.23. The molecule has 0 saturated carbocycles. The molecule has 0 radical (unpaired) electrons. The molecule has 0 aliphatic heterocycles. The lowest BCUT2D eigenvalue weighted by atomic mass is 10.1. The van der Waals surface area contributed by atoms with Crippen molar-refractivity contribution in [2.24, 2.45) is 0 Å². The minimum absolute atomic E-state index is 0.0677. The Morgan fingerprint density at radius 2 is 2.07 bits per heavy atom. The van der Waals surface area contributed by atoms with Crippen molar-refractivity contribution in [3.63, 3.8) is 0 Å². The van der Waals surface area contributed by atoms with Crippen LogP contribution in [0, 0.1) is 10.1 Å². The fourth-order valence-electron chi connectivity index (χ4n) is 1.09. The smallest absolute Gasteiger partial charge is 0.337 e. The minimum Gasteiger partial charge on any atom is -0.463 e. The number of ether oxygens (including phenoxy) is 1. The minimum atomic E-state index is -0.638. The Morgan fingerprint density at radius 3 is 2.53 bits per heavy atom. The van der Waals surface area contributed by atoms with Crippen LogP contribution in [0.25, 0.3) is 0 Å². The molecule has 0 saturated heterocycles. The molecule has 0 spiro atoms. The van der Waals surface area contributed by atoms with Crippen molar-refractivity contribution in [1.29, 1.82) is 0 Å².